The Morgan fingerprint density at radius 1 is 1.18 bits per heavy atom. The van der Waals surface area contributed by atoms with Crippen LogP contribution < -0.4 is 5.32 Å². The van der Waals surface area contributed by atoms with Crippen LogP contribution in [-0.4, -0.2) is 12.6 Å². The second-order valence-corrected chi connectivity index (χ2v) is 5.44. The van der Waals surface area contributed by atoms with Crippen molar-refractivity contribution in [3.05, 3.63) is 35.6 Å². The van der Waals surface area contributed by atoms with Gasteiger partial charge in [-0.15, -0.1) is 0 Å². The van der Waals surface area contributed by atoms with Crippen LogP contribution in [0, 0.1) is 11.7 Å². The Morgan fingerprint density at radius 2 is 1.88 bits per heavy atom. The highest BCUT2D eigenvalue weighted by molar-refractivity contribution is 5.21. The summed E-state index contributed by atoms with van der Waals surface area (Å²) in [5, 5.41) is 3.45. The van der Waals surface area contributed by atoms with Crippen molar-refractivity contribution in [3.63, 3.8) is 0 Å². The minimum Gasteiger partial charge on any atom is -0.314 e. The first-order valence-electron chi connectivity index (χ1n) is 6.48. The minimum atomic E-state index is -0.138. The van der Waals surface area contributed by atoms with Crippen LogP contribution in [0.2, 0.25) is 0 Å². The van der Waals surface area contributed by atoms with Crippen molar-refractivity contribution >= 4 is 0 Å². The Morgan fingerprint density at radius 3 is 2.41 bits per heavy atom. The highest BCUT2D eigenvalue weighted by atomic mass is 19.1. The molecule has 1 aromatic rings. The van der Waals surface area contributed by atoms with Crippen molar-refractivity contribution in [3.8, 4) is 0 Å². The van der Waals surface area contributed by atoms with E-state index < -0.39 is 0 Å². The standard InChI is InChI=1S/C15H24FN/c1-11(2)8-14(10-17-12(3)4)13-6-5-7-15(16)9-13/h5-7,9,11-12,14,17H,8,10H2,1-4H3. The van der Waals surface area contributed by atoms with Crippen molar-refractivity contribution in [1.29, 1.82) is 0 Å². The maximum atomic E-state index is 13.2. The first-order chi connectivity index (χ1) is 7.99. The van der Waals surface area contributed by atoms with Gasteiger partial charge in [0.25, 0.3) is 0 Å². The highest BCUT2D eigenvalue weighted by Crippen LogP contribution is 2.23. The van der Waals surface area contributed by atoms with Crippen LogP contribution in [0.15, 0.2) is 24.3 Å². The van der Waals surface area contributed by atoms with E-state index in [2.05, 4.69) is 33.0 Å². The molecule has 1 unspecified atom stereocenters. The summed E-state index contributed by atoms with van der Waals surface area (Å²) in [7, 11) is 0. The van der Waals surface area contributed by atoms with Gasteiger partial charge in [-0.05, 0) is 36.0 Å². The maximum Gasteiger partial charge on any atom is 0.123 e. The van der Waals surface area contributed by atoms with E-state index >= 15 is 0 Å². The average molecular weight is 237 g/mol. The second-order valence-electron chi connectivity index (χ2n) is 5.44. The summed E-state index contributed by atoms with van der Waals surface area (Å²) in [6.45, 7) is 9.61. The first-order valence-corrected chi connectivity index (χ1v) is 6.48. The van der Waals surface area contributed by atoms with Gasteiger partial charge in [-0.2, -0.15) is 0 Å². The number of hydrogen-bond donors (Lipinski definition) is 1. The molecule has 0 amide bonds. The molecule has 1 nitrogen and oxygen atoms in total. The summed E-state index contributed by atoms with van der Waals surface area (Å²) in [6.07, 6.45) is 1.09. The Labute approximate surface area is 104 Å². The van der Waals surface area contributed by atoms with Crippen LogP contribution in [-0.2, 0) is 0 Å². The minimum absolute atomic E-state index is 0.138. The van der Waals surface area contributed by atoms with Gasteiger partial charge in [0, 0.05) is 12.6 Å². The van der Waals surface area contributed by atoms with Gasteiger partial charge in [-0.25, -0.2) is 4.39 Å². The fourth-order valence-corrected chi connectivity index (χ4v) is 2.04. The van der Waals surface area contributed by atoms with Crippen molar-refractivity contribution in [2.45, 2.75) is 46.1 Å². The Kier molecular flexibility index (Phi) is 5.63. The fourth-order valence-electron chi connectivity index (χ4n) is 2.04. The lowest BCUT2D eigenvalue weighted by atomic mass is 9.90. The lowest BCUT2D eigenvalue weighted by molar-refractivity contribution is 0.450. The quantitative estimate of drug-likeness (QED) is 0.790. The van der Waals surface area contributed by atoms with E-state index in [4.69, 9.17) is 0 Å². The van der Waals surface area contributed by atoms with E-state index in [0.29, 0.717) is 17.9 Å². The molecule has 1 aromatic carbocycles. The lowest BCUT2D eigenvalue weighted by Gasteiger charge is -2.21. The molecular weight excluding hydrogens is 213 g/mol. The number of rotatable bonds is 6. The van der Waals surface area contributed by atoms with Gasteiger partial charge >= 0.3 is 0 Å². The molecule has 0 heterocycles. The molecule has 96 valence electrons. The molecule has 1 atom stereocenters. The van der Waals surface area contributed by atoms with Gasteiger partial charge in [-0.3, -0.25) is 0 Å². The Hall–Kier alpha value is -0.890. The monoisotopic (exact) mass is 237 g/mol. The number of nitrogens with one attached hydrogen (secondary N) is 1. The average Bonchev–Trinajstić information content (AvgIpc) is 2.23. The maximum absolute atomic E-state index is 13.2. The van der Waals surface area contributed by atoms with Crippen LogP contribution in [0.4, 0.5) is 4.39 Å². The van der Waals surface area contributed by atoms with Crippen LogP contribution in [0.25, 0.3) is 0 Å². The second kappa shape index (κ2) is 6.75. The van der Waals surface area contributed by atoms with Gasteiger partial charge in [0.2, 0.25) is 0 Å². The molecule has 0 aliphatic rings. The third-order valence-electron chi connectivity index (χ3n) is 2.85. The van der Waals surface area contributed by atoms with E-state index in [0.717, 1.165) is 18.5 Å². The molecule has 0 saturated carbocycles. The molecule has 0 bridgehead atoms. The summed E-state index contributed by atoms with van der Waals surface area (Å²) in [6, 6.07) is 7.46. The summed E-state index contributed by atoms with van der Waals surface area (Å²) in [5.74, 6) is 0.881. The van der Waals surface area contributed by atoms with E-state index in [9.17, 15) is 4.39 Å². The topological polar surface area (TPSA) is 12.0 Å². The summed E-state index contributed by atoms with van der Waals surface area (Å²) < 4.78 is 13.2. The molecule has 0 aromatic heterocycles. The summed E-state index contributed by atoms with van der Waals surface area (Å²) in [5.41, 5.74) is 1.10. The normalized spacial score (nSPS) is 13.4. The fraction of sp³-hybridized carbons (Fsp3) is 0.600. The molecule has 0 aliphatic heterocycles. The molecule has 0 radical (unpaired) electrons. The number of hydrogen-bond acceptors (Lipinski definition) is 1. The zero-order chi connectivity index (χ0) is 12.8. The van der Waals surface area contributed by atoms with E-state index in [1.807, 2.05) is 6.07 Å². The molecule has 0 saturated heterocycles. The molecular formula is C15H24FN. The SMILES string of the molecule is CC(C)CC(CNC(C)C)c1cccc(F)c1. The third kappa shape index (κ3) is 5.31. The van der Waals surface area contributed by atoms with Crippen LogP contribution in [0.1, 0.15) is 45.6 Å². The van der Waals surface area contributed by atoms with Crippen LogP contribution >= 0.6 is 0 Å². The molecule has 1 N–H and O–H groups in total. The Balaban J connectivity index is 2.74. The summed E-state index contributed by atoms with van der Waals surface area (Å²) >= 11 is 0. The molecule has 0 fully saturated rings. The van der Waals surface area contributed by atoms with Crippen LogP contribution in [0.5, 0.6) is 0 Å². The van der Waals surface area contributed by atoms with Crippen molar-refractivity contribution in [2.75, 3.05) is 6.54 Å². The van der Waals surface area contributed by atoms with Crippen LogP contribution in [0.3, 0.4) is 0 Å². The van der Waals surface area contributed by atoms with Gasteiger partial charge < -0.3 is 5.32 Å². The number of benzene rings is 1. The van der Waals surface area contributed by atoms with E-state index in [1.54, 1.807) is 12.1 Å². The molecule has 1 rings (SSSR count). The Bertz CT molecular complexity index is 333. The van der Waals surface area contributed by atoms with Gasteiger partial charge in [0.05, 0.1) is 0 Å². The van der Waals surface area contributed by atoms with E-state index in [1.165, 1.54) is 6.07 Å². The van der Waals surface area contributed by atoms with E-state index in [-0.39, 0.29) is 5.82 Å². The largest absolute Gasteiger partial charge is 0.314 e. The third-order valence-corrected chi connectivity index (χ3v) is 2.85. The number of halogens is 1. The van der Waals surface area contributed by atoms with Gasteiger partial charge in [0.1, 0.15) is 5.82 Å². The molecule has 0 spiro atoms. The molecule has 17 heavy (non-hydrogen) atoms. The predicted molar refractivity (Wildman–Crippen MR) is 71.7 cm³/mol. The predicted octanol–water partition coefficient (Wildman–Crippen LogP) is 3.95. The van der Waals surface area contributed by atoms with Gasteiger partial charge in [-0.1, -0.05) is 39.8 Å². The van der Waals surface area contributed by atoms with Gasteiger partial charge in [0.15, 0.2) is 0 Å². The van der Waals surface area contributed by atoms with Crippen molar-refractivity contribution < 1.29 is 4.39 Å². The smallest absolute Gasteiger partial charge is 0.123 e. The zero-order valence-corrected chi connectivity index (χ0v) is 11.3. The highest BCUT2D eigenvalue weighted by Gasteiger charge is 2.14. The molecule has 2 heteroatoms. The molecule has 0 aliphatic carbocycles. The summed E-state index contributed by atoms with van der Waals surface area (Å²) in [4.78, 5) is 0. The first kappa shape index (κ1) is 14.2. The van der Waals surface area contributed by atoms with Crippen molar-refractivity contribution in [2.24, 2.45) is 5.92 Å². The zero-order valence-electron chi connectivity index (χ0n) is 11.3. The lowest BCUT2D eigenvalue weighted by Crippen LogP contribution is -2.28. The van der Waals surface area contributed by atoms with Crippen molar-refractivity contribution in [1.82, 2.24) is 5.32 Å².